The Morgan fingerprint density at radius 3 is 2.64 bits per heavy atom. The van der Waals surface area contributed by atoms with Gasteiger partial charge < -0.3 is 9.88 Å². The molecule has 0 saturated carbocycles. The number of hydrogen-bond acceptors (Lipinski definition) is 4. The average Bonchev–Trinajstić information content (AvgIpc) is 2.83. The Morgan fingerprint density at radius 2 is 2.00 bits per heavy atom. The smallest absolute Gasteiger partial charge is 0.255 e. The first-order valence-corrected chi connectivity index (χ1v) is 8.02. The summed E-state index contributed by atoms with van der Waals surface area (Å²) in [6.45, 7) is 2.51. The molecule has 1 saturated heterocycles. The second-order valence-electron chi connectivity index (χ2n) is 5.37. The minimum Gasteiger partial charge on any atom is -0.345 e. The van der Waals surface area contributed by atoms with Gasteiger partial charge in [-0.25, -0.2) is 4.98 Å². The molecule has 1 aromatic carbocycles. The molecule has 114 valence electrons. The largest absolute Gasteiger partial charge is 0.345 e. The maximum absolute atomic E-state index is 12.1. The van der Waals surface area contributed by atoms with Gasteiger partial charge in [0.05, 0.1) is 10.9 Å². The molecule has 2 aromatic rings. The van der Waals surface area contributed by atoms with Crippen LogP contribution < -0.4 is 5.56 Å². The third-order valence-corrected chi connectivity index (χ3v) is 4.95. The zero-order valence-electron chi connectivity index (χ0n) is 12.5. The number of carbonyl (C=O) groups is 1. The Hall–Kier alpha value is -2.08. The molecule has 1 aromatic heterocycles. The second kappa shape index (κ2) is 5.96. The van der Waals surface area contributed by atoms with E-state index >= 15 is 0 Å². The van der Waals surface area contributed by atoms with E-state index in [9.17, 15) is 9.59 Å². The summed E-state index contributed by atoms with van der Waals surface area (Å²) in [5, 5.41) is 0.336. The number of aromatic amines is 1. The van der Waals surface area contributed by atoms with Crippen LogP contribution in [0.2, 0.25) is 0 Å². The number of carbonyl (C=O) groups excluding carboxylic acids is 1. The zero-order valence-corrected chi connectivity index (χ0v) is 13.3. The number of aromatic nitrogens is 2. The van der Waals surface area contributed by atoms with Crippen LogP contribution in [-0.4, -0.2) is 39.6 Å². The van der Waals surface area contributed by atoms with Crippen LogP contribution in [0.5, 0.6) is 0 Å². The highest BCUT2D eigenvalue weighted by Crippen LogP contribution is 2.29. The molecular weight excluding hydrogens is 298 g/mol. The monoisotopic (exact) mass is 315 g/mol. The Balaban J connectivity index is 1.95. The molecule has 1 aliphatic rings. The van der Waals surface area contributed by atoms with E-state index in [4.69, 9.17) is 0 Å². The van der Waals surface area contributed by atoms with E-state index in [-0.39, 0.29) is 16.7 Å². The highest BCUT2D eigenvalue weighted by atomic mass is 32.2. The van der Waals surface area contributed by atoms with Gasteiger partial charge in [0.15, 0.2) is 5.16 Å². The third-order valence-electron chi connectivity index (χ3n) is 3.81. The lowest BCUT2D eigenvalue weighted by molar-refractivity contribution is -0.126. The molecule has 0 bridgehead atoms. The van der Waals surface area contributed by atoms with E-state index in [1.165, 1.54) is 11.8 Å². The van der Waals surface area contributed by atoms with E-state index in [2.05, 4.69) is 9.97 Å². The van der Waals surface area contributed by atoms with Crippen molar-refractivity contribution < 1.29 is 4.79 Å². The van der Waals surface area contributed by atoms with Crippen LogP contribution in [-0.2, 0) is 4.79 Å². The van der Waals surface area contributed by atoms with Crippen molar-refractivity contribution in [2.24, 2.45) is 0 Å². The predicted molar refractivity (Wildman–Crippen MR) is 86.9 cm³/mol. The average molecular weight is 315 g/mol. The molecule has 2 heterocycles. The van der Waals surface area contributed by atoms with E-state index < -0.39 is 0 Å². The molecule has 0 aliphatic carbocycles. The SMILES string of the molecule is Cc1c(-c2ccccc2)nc(SC2CCN(C)C2=O)[nH]c1=O. The first kappa shape index (κ1) is 14.8. The summed E-state index contributed by atoms with van der Waals surface area (Å²) in [5.41, 5.74) is 2.01. The molecule has 0 spiro atoms. The van der Waals surface area contributed by atoms with Gasteiger partial charge in [0.2, 0.25) is 5.91 Å². The summed E-state index contributed by atoms with van der Waals surface area (Å²) in [6.07, 6.45) is 0.776. The number of likely N-dealkylation sites (tertiary alicyclic amines) is 1. The lowest BCUT2D eigenvalue weighted by Gasteiger charge is -2.11. The van der Waals surface area contributed by atoms with E-state index in [1.807, 2.05) is 30.3 Å². The fourth-order valence-corrected chi connectivity index (χ4v) is 3.55. The number of rotatable bonds is 3. The summed E-state index contributed by atoms with van der Waals surface area (Å²) in [6, 6.07) is 9.62. The lowest BCUT2D eigenvalue weighted by Crippen LogP contribution is -2.24. The number of nitrogens with zero attached hydrogens (tertiary/aromatic N) is 2. The number of benzene rings is 1. The van der Waals surface area contributed by atoms with E-state index in [1.54, 1.807) is 18.9 Å². The van der Waals surface area contributed by atoms with Gasteiger partial charge >= 0.3 is 0 Å². The van der Waals surface area contributed by atoms with Gasteiger partial charge in [-0.3, -0.25) is 9.59 Å². The van der Waals surface area contributed by atoms with Crippen LogP contribution in [0, 0.1) is 6.92 Å². The molecule has 1 unspecified atom stereocenters. The van der Waals surface area contributed by atoms with Crippen molar-refractivity contribution >= 4 is 17.7 Å². The number of amides is 1. The quantitative estimate of drug-likeness (QED) is 0.881. The molecule has 1 atom stereocenters. The van der Waals surface area contributed by atoms with Crippen molar-refractivity contribution in [3.8, 4) is 11.3 Å². The van der Waals surface area contributed by atoms with Crippen molar-refractivity contribution in [3.05, 3.63) is 46.2 Å². The third kappa shape index (κ3) is 2.78. The minimum atomic E-state index is -0.167. The summed E-state index contributed by atoms with van der Waals surface area (Å²) < 4.78 is 0. The van der Waals surface area contributed by atoms with Crippen molar-refractivity contribution in [3.63, 3.8) is 0 Å². The number of H-pyrrole nitrogens is 1. The first-order chi connectivity index (χ1) is 10.6. The van der Waals surface area contributed by atoms with Crippen LogP contribution in [0.25, 0.3) is 11.3 Å². The van der Waals surface area contributed by atoms with Gasteiger partial charge in [0.1, 0.15) is 0 Å². The Morgan fingerprint density at radius 1 is 1.27 bits per heavy atom. The number of hydrogen-bond donors (Lipinski definition) is 1. The first-order valence-electron chi connectivity index (χ1n) is 7.14. The molecule has 1 fully saturated rings. The van der Waals surface area contributed by atoms with Crippen molar-refractivity contribution in [1.82, 2.24) is 14.9 Å². The highest BCUT2D eigenvalue weighted by Gasteiger charge is 2.30. The molecular formula is C16H17N3O2S. The van der Waals surface area contributed by atoms with Crippen molar-refractivity contribution in [1.29, 1.82) is 0 Å². The summed E-state index contributed by atoms with van der Waals surface area (Å²) in [4.78, 5) is 33.2. The van der Waals surface area contributed by atoms with Gasteiger partial charge in [0, 0.05) is 24.7 Å². The topological polar surface area (TPSA) is 66.1 Å². The number of thioether (sulfide) groups is 1. The second-order valence-corrected chi connectivity index (χ2v) is 6.56. The van der Waals surface area contributed by atoms with Gasteiger partial charge in [-0.15, -0.1) is 0 Å². The fraction of sp³-hybridized carbons (Fsp3) is 0.312. The molecule has 5 nitrogen and oxygen atoms in total. The lowest BCUT2D eigenvalue weighted by atomic mass is 10.1. The summed E-state index contributed by atoms with van der Waals surface area (Å²) >= 11 is 1.34. The Bertz CT molecular complexity index is 758. The van der Waals surface area contributed by atoms with Crippen molar-refractivity contribution in [2.45, 2.75) is 23.8 Å². The van der Waals surface area contributed by atoms with Crippen LogP contribution >= 0.6 is 11.8 Å². The fourth-order valence-electron chi connectivity index (χ4n) is 2.48. The van der Waals surface area contributed by atoms with Gasteiger partial charge in [-0.05, 0) is 13.3 Å². The number of nitrogens with one attached hydrogen (secondary N) is 1. The zero-order chi connectivity index (χ0) is 15.7. The molecule has 22 heavy (non-hydrogen) atoms. The molecule has 3 rings (SSSR count). The normalized spacial score (nSPS) is 18.0. The molecule has 6 heteroatoms. The van der Waals surface area contributed by atoms with Crippen LogP contribution in [0.1, 0.15) is 12.0 Å². The molecule has 1 aliphatic heterocycles. The van der Waals surface area contributed by atoms with Gasteiger partial charge in [0.25, 0.3) is 5.56 Å². The summed E-state index contributed by atoms with van der Waals surface area (Å²) in [5.74, 6) is 0.0921. The molecule has 1 N–H and O–H groups in total. The molecule has 0 radical (unpaired) electrons. The van der Waals surface area contributed by atoms with Crippen LogP contribution in [0.4, 0.5) is 0 Å². The van der Waals surface area contributed by atoms with Gasteiger partial charge in [-0.1, -0.05) is 42.1 Å². The highest BCUT2D eigenvalue weighted by molar-refractivity contribution is 8.00. The van der Waals surface area contributed by atoms with E-state index in [0.717, 1.165) is 18.5 Å². The Kier molecular flexibility index (Phi) is 4.02. The molecule has 1 amide bonds. The maximum atomic E-state index is 12.1. The maximum Gasteiger partial charge on any atom is 0.255 e. The van der Waals surface area contributed by atoms with E-state index in [0.29, 0.717) is 16.4 Å². The standard InChI is InChI=1S/C16H17N3O2S/c1-10-13(11-6-4-3-5-7-11)17-16(18-14(10)20)22-12-8-9-19(2)15(12)21/h3-7,12H,8-9H2,1-2H3,(H,17,18,20). The predicted octanol–water partition coefficient (Wildman–Crippen LogP) is 2.07. The van der Waals surface area contributed by atoms with Crippen LogP contribution in [0.15, 0.2) is 40.3 Å². The Labute approximate surface area is 132 Å². The van der Waals surface area contributed by atoms with Crippen LogP contribution in [0.3, 0.4) is 0 Å². The van der Waals surface area contributed by atoms with Gasteiger partial charge in [-0.2, -0.15) is 0 Å². The minimum absolute atomic E-state index is 0.0921. The van der Waals surface area contributed by atoms with Crippen molar-refractivity contribution in [2.75, 3.05) is 13.6 Å². The summed E-state index contributed by atoms with van der Waals surface area (Å²) in [7, 11) is 1.80.